The summed E-state index contributed by atoms with van der Waals surface area (Å²) in [6, 6.07) is 6.82. The lowest BCUT2D eigenvalue weighted by Crippen LogP contribution is -2.01. The Morgan fingerprint density at radius 2 is 2.13 bits per heavy atom. The highest BCUT2D eigenvalue weighted by atomic mass is 16.7. The molecule has 1 N–H and O–H groups in total. The van der Waals surface area contributed by atoms with Crippen molar-refractivity contribution in [2.75, 3.05) is 13.9 Å². The third kappa shape index (κ3) is 2.20. The Hall–Kier alpha value is -3.29. The van der Waals surface area contributed by atoms with Crippen LogP contribution in [0.5, 0.6) is 23.0 Å². The normalized spacial score (nSPS) is 12.4. The fourth-order valence-corrected chi connectivity index (χ4v) is 2.38. The third-order valence-corrected chi connectivity index (χ3v) is 3.45. The molecule has 0 saturated carbocycles. The Balaban J connectivity index is 1.83. The number of aromatic nitrogens is 4. The van der Waals surface area contributed by atoms with Crippen LogP contribution in [-0.4, -0.2) is 39.0 Å². The van der Waals surface area contributed by atoms with Gasteiger partial charge in [0, 0.05) is 12.1 Å². The van der Waals surface area contributed by atoms with Crippen LogP contribution >= 0.6 is 0 Å². The monoisotopic (exact) mass is 312 g/mol. The molecule has 0 saturated heterocycles. The average molecular weight is 312 g/mol. The molecule has 0 amide bonds. The van der Waals surface area contributed by atoms with Gasteiger partial charge in [-0.3, -0.25) is 4.98 Å². The van der Waals surface area contributed by atoms with Gasteiger partial charge in [0.1, 0.15) is 11.4 Å². The Morgan fingerprint density at radius 3 is 2.91 bits per heavy atom. The van der Waals surface area contributed by atoms with E-state index in [1.54, 1.807) is 42.3 Å². The maximum Gasteiger partial charge on any atom is 0.231 e. The Kier molecular flexibility index (Phi) is 3.00. The van der Waals surface area contributed by atoms with E-state index in [9.17, 15) is 5.11 Å². The fourth-order valence-electron chi connectivity index (χ4n) is 2.38. The van der Waals surface area contributed by atoms with Gasteiger partial charge in [-0.1, -0.05) is 5.21 Å². The van der Waals surface area contributed by atoms with Crippen molar-refractivity contribution >= 4 is 0 Å². The van der Waals surface area contributed by atoms with Crippen LogP contribution in [0.15, 0.2) is 36.7 Å². The Labute approximate surface area is 130 Å². The van der Waals surface area contributed by atoms with E-state index >= 15 is 0 Å². The first-order chi connectivity index (χ1) is 11.3. The molecule has 23 heavy (non-hydrogen) atoms. The van der Waals surface area contributed by atoms with Crippen molar-refractivity contribution < 1.29 is 19.3 Å². The number of rotatable bonds is 3. The van der Waals surface area contributed by atoms with Gasteiger partial charge >= 0.3 is 0 Å². The number of aromatic hydroxyl groups is 1. The van der Waals surface area contributed by atoms with Crippen LogP contribution in [0.3, 0.4) is 0 Å². The molecule has 0 unspecified atom stereocenters. The molecule has 0 bridgehead atoms. The molecule has 0 spiro atoms. The molecular weight excluding hydrogens is 300 g/mol. The number of hydrogen-bond donors (Lipinski definition) is 1. The summed E-state index contributed by atoms with van der Waals surface area (Å²) in [6.45, 7) is 0.152. The number of nitrogens with zero attached hydrogens (tertiary/aromatic N) is 4. The topological polar surface area (TPSA) is 91.5 Å². The summed E-state index contributed by atoms with van der Waals surface area (Å²) in [5.74, 6) is 1.80. The number of pyridine rings is 1. The summed E-state index contributed by atoms with van der Waals surface area (Å²) in [5, 5.41) is 17.4. The van der Waals surface area contributed by atoms with Gasteiger partial charge in [-0.15, -0.1) is 5.10 Å². The van der Waals surface area contributed by atoms with E-state index in [-0.39, 0.29) is 12.5 Å². The van der Waals surface area contributed by atoms with Crippen LogP contribution in [0, 0.1) is 0 Å². The summed E-state index contributed by atoms with van der Waals surface area (Å²) in [6.07, 6.45) is 2.96. The highest BCUT2D eigenvalue weighted by molar-refractivity contribution is 5.62. The second kappa shape index (κ2) is 5.16. The number of fused-ring (bicyclic) bond motifs is 1. The lowest BCUT2D eigenvalue weighted by Gasteiger charge is -2.10. The molecule has 2 aromatic heterocycles. The maximum atomic E-state index is 9.37. The summed E-state index contributed by atoms with van der Waals surface area (Å²) < 4.78 is 17.8. The van der Waals surface area contributed by atoms with Crippen LogP contribution in [0.25, 0.3) is 17.1 Å². The van der Waals surface area contributed by atoms with E-state index in [2.05, 4.69) is 15.3 Å². The zero-order chi connectivity index (χ0) is 15.8. The van der Waals surface area contributed by atoms with Gasteiger partial charge in [0.2, 0.25) is 12.5 Å². The average Bonchev–Trinajstić information content (AvgIpc) is 3.23. The molecule has 8 heteroatoms. The molecule has 3 aromatic rings. The van der Waals surface area contributed by atoms with Gasteiger partial charge in [0.15, 0.2) is 11.5 Å². The molecule has 0 atom stereocenters. The van der Waals surface area contributed by atoms with E-state index in [4.69, 9.17) is 14.2 Å². The zero-order valence-corrected chi connectivity index (χ0v) is 12.1. The Bertz CT molecular complexity index is 860. The first-order valence-electron chi connectivity index (χ1n) is 6.80. The van der Waals surface area contributed by atoms with E-state index in [1.807, 2.05) is 0 Å². The Morgan fingerprint density at radius 1 is 1.22 bits per heavy atom. The molecule has 0 aliphatic carbocycles. The summed E-state index contributed by atoms with van der Waals surface area (Å²) in [5.41, 5.74) is 2.00. The number of hydrogen-bond acceptors (Lipinski definition) is 7. The van der Waals surface area contributed by atoms with Gasteiger partial charge in [0.25, 0.3) is 0 Å². The molecule has 0 fully saturated rings. The van der Waals surface area contributed by atoms with Crippen LogP contribution in [0.1, 0.15) is 0 Å². The van der Waals surface area contributed by atoms with Crippen LogP contribution in [0.2, 0.25) is 0 Å². The smallest absolute Gasteiger partial charge is 0.231 e. The van der Waals surface area contributed by atoms with Crippen LogP contribution in [-0.2, 0) is 0 Å². The predicted molar refractivity (Wildman–Crippen MR) is 78.9 cm³/mol. The highest BCUT2D eigenvalue weighted by Gasteiger charge is 2.22. The van der Waals surface area contributed by atoms with Crippen LogP contribution in [0.4, 0.5) is 0 Å². The van der Waals surface area contributed by atoms with E-state index in [0.29, 0.717) is 34.3 Å². The second-order valence-corrected chi connectivity index (χ2v) is 4.81. The van der Waals surface area contributed by atoms with Crippen molar-refractivity contribution in [2.24, 2.45) is 0 Å². The fraction of sp³-hybridized carbons (Fsp3) is 0.133. The zero-order valence-electron chi connectivity index (χ0n) is 12.1. The van der Waals surface area contributed by atoms with Gasteiger partial charge < -0.3 is 19.3 Å². The summed E-state index contributed by atoms with van der Waals surface area (Å²) >= 11 is 0. The standard InChI is InChI=1S/C15H12N4O4/c1-21-13-4-9(5-14-15(13)23-8-22-14)19-12(7-17-18-19)11-3-2-10(20)6-16-11/h2-7,20H,8H2,1H3. The minimum Gasteiger partial charge on any atom is -0.506 e. The van der Waals surface area contributed by atoms with Gasteiger partial charge in [-0.05, 0) is 12.1 Å². The van der Waals surface area contributed by atoms with E-state index in [1.165, 1.54) is 6.20 Å². The molecular formula is C15H12N4O4. The second-order valence-electron chi connectivity index (χ2n) is 4.81. The summed E-state index contributed by atoms with van der Waals surface area (Å²) in [4.78, 5) is 4.18. The largest absolute Gasteiger partial charge is 0.506 e. The molecule has 1 aliphatic rings. The highest BCUT2D eigenvalue weighted by Crippen LogP contribution is 2.43. The SMILES string of the molecule is COc1cc(-n2nncc2-c2ccc(O)cn2)cc2c1OCO2. The van der Waals surface area contributed by atoms with Gasteiger partial charge in [-0.2, -0.15) is 0 Å². The first kappa shape index (κ1) is 13.4. The molecule has 1 aromatic carbocycles. The minimum absolute atomic E-state index is 0.0949. The predicted octanol–water partition coefficient (Wildman–Crippen LogP) is 1.77. The number of methoxy groups -OCH3 is 1. The molecule has 4 rings (SSSR count). The van der Waals surface area contributed by atoms with E-state index in [0.717, 1.165) is 0 Å². The summed E-state index contributed by atoms with van der Waals surface area (Å²) in [7, 11) is 1.56. The third-order valence-electron chi connectivity index (χ3n) is 3.45. The van der Waals surface area contributed by atoms with Gasteiger partial charge in [0.05, 0.1) is 30.9 Å². The molecule has 116 valence electrons. The van der Waals surface area contributed by atoms with Crippen molar-refractivity contribution in [3.63, 3.8) is 0 Å². The first-order valence-corrected chi connectivity index (χ1v) is 6.80. The lowest BCUT2D eigenvalue weighted by atomic mass is 10.2. The quantitative estimate of drug-likeness (QED) is 0.788. The van der Waals surface area contributed by atoms with Gasteiger partial charge in [-0.25, -0.2) is 4.68 Å². The lowest BCUT2D eigenvalue weighted by molar-refractivity contribution is 0.171. The molecule has 8 nitrogen and oxygen atoms in total. The van der Waals surface area contributed by atoms with Crippen molar-refractivity contribution in [1.29, 1.82) is 0 Å². The van der Waals surface area contributed by atoms with E-state index < -0.39 is 0 Å². The van der Waals surface area contributed by atoms with Crippen molar-refractivity contribution in [1.82, 2.24) is 20.0 Å². The number of benzene rings is 1. The maximum absolute atomic E-state index is 9.37. The van der Waals surface area contributed by atoms with Crippen molar-refractivity contribution in [2.45, 2.75) is 0 Å². The number of ether oxygens (including phenoxy) is 3. The van der Waals surface area contributed by atoms with Crippen molar-refractivity contribution in [3.8, 4) is 40.1 Å². The van der Waals surface area contributed by atoms with Crippen molar-refractivity contribution in [3.05, 3.63) is 36.7 Å². The molecule has 0 radical (unpaired) electrons. The minimum atomic E-state index is 0.0949. The van der Waals surface area contributed by atoms with Crippen LogP contribution < -0.4 is 14.2 Å². The molecule has 1 aliphatic heterocycles. The molecule has 3 heterocycles.